The van der Waals surface area contributed by atoms with Gasteiger partial charge in [0.05, 0.1) is 28.3 Å². The van der Waals surface area contributed by atoms with Gasteiger partial charge in [-0.15, -0.1) is 0 Å². The summed E-state index contributed by atoms with van der Waals surface area (Å²) in [7, 11) is -0.968. The van der Waals surface area contributed by atoms with Crippen LogP contribution < -0.4 is 4.72 Å². The molecular weight excluding hydrogens is 380 g/mol. The van der Waals surface area contributed by atoms with Crippen LogP contribution in [-0.2, 0) is 24.1 Å². The van der Waals surface area contributed by atoms with Crippen LogP contribution >= 0.6 is 0 Å². The number of nitrogens with one attached hydrogen (secondary N) is 1. The molecule has 150 valence electrons. The molecule has 0 radical (unpaired) electrons. The first-order valence-electron chi connectivity index (χ1n) is 9.98. The van der Waals surface area contributed by atoms with Gasteiger partial charge < -0.3 is 4.57 Å². The zero-order valence-electron chi connectivity index (χ0n) is 17.1. The molecule has 1 aliphatic carbocycles. The van der Waals surface area contributed by atoms with E-state index in [9.17, 15) is 9.47 Å². The summed E-state index contributed by atoms with van der Waals surface area (Å²) in [4.78, 5) is 4.94. The Kier molecular flexibility index (Phi) is 5.28. The van der Waals surface area contributed by atoms with Gasteiger partial charge in [0.1, 0.15) is 5.65 Å². The molecule has 1 saturated carbocycles. The highest BCUT2D eigenvalue weighted by Gasteiger charge is 2.28. The molecule has 0 bridgehead atoms. The van der Waals surface area contributed by atoms with Gasteiger partial charge in [-0.25, -0.2) is 13.9 Å². The minimum atomic E-state index is -0.968. The first-order chi connectivity index (χ1) is 13.9. The van der Waals surface area contributed by atoms with Gasteiger partial charge >= 0.3 is 0 Å². The minimum Gasteiger partial charge on any atom is -0.332 e. The Morgan fingerprint density at radius 3 is 2.69 bits per heavy atom. The maximum atomic E-state index is 12.2. The lowest BCUT2D eigenvalue weighted by Gasteiger charge is -2.19. The molecule has 0 spiro atoms. The van der Waals surface area contributed by atoms with Gasteiger partial charge in [-0.05, 0) is 42.0 Å². The zero-order chi connectivity index (χ0) is 20.6. The summed E-state index contributed by atoms with van der Waals surface area (Å²) in [6.45, 7) is 7.99. The van der Waals surface area contributed by atoms with E-state index in [0.29, 0.717) is 17.4 Å². The number of benzene rings is 1. The molecule has 4 rings (SSSR count). The van der Waals surface area contributed by atoms with Crippen molar-refractivity contribution in [1.29, 1.82) is 5.26 Å². The molecule has 3 aromatic rings. The molecule has 6 heteroatoms. The summed E-state index contributed by atoms with van der Waals surface area (Å²) < 4.78 is 17.6. The number of hydrogen-bond donors (Lipinski definition) is 1. The molecule has 1 fully saturated rings. The Hall–Kier alpha value is -2.49. The quantitative estimate of drug-likeness (QED) is 0.653. The molecule has 2 aromatic heterocycles. The van der Waals surface area contributed by atoms with Crippen molar-refractivity contribution in [3.8, 4) is 17.3 Å². The molecule has 2 heterocycles. The van der Waals surface area contributed by atoms with Crippen LogP contribution in [0.5, 0.6) is 0 Å². The van der Waals surface area contributed by atoms with Crippen molar-refractivity contribution in [3.05, 3.63) is 53.7 Å². The number of hydrogen-bond acceptors (Lipinski definition) is 3. The number of nitriles is 1. The first-order valence-corrected chi connectivity index (χ1v) is 11.2. The Balaban J connectivity index is 1.75. The molecule has 5 nitrogen and oxygen atoms in total. The van der Waals surface area contributed by atoms with Crippen LogP contribution in [-0.4, -0.2) is 19.0 Å². The van der Waals surface area contributed by atoms with E-state index in [0.717, 1.165) is 47.2 Å². The smallest absolute Gasteiger partial charge is 0.140 e. The van der Waals surface area contributed by atoms with Crippen molar-refractivity contribution in [3.63, 3.8) is 0 Å². The monoisotopic (exact) mass is 406 g/mol. The maximum absolute atomic E-state index is 12.2. The van der Waals surface area contributed by atoms with Gasteiger partial charge in [0, 0.05) is 35.5 Å². The minimum absolute atomic E-state index is 0.0930. The van der Waals surface area contributed by atoms with Gasteiger partial charge in [-0.3, -0.25) is 0 Å². The van der Waals surface area contributed by atoms with Gasteiger partial charge in [0.25, 0.3) is 0 Å². The molecule has 1 N–H and O–H groups in total. The number of aromatic nitrogens is 2. The summed E-state index contributed by atoms with van der Waals surface area (Å²) >= 11 is 0. The van der Waals surface area contributed by atoms with E-state index in [2.05, 4.69) is 48.4 Å². The lowest BCUT2D eigenvalue weighted by Crippen LogP contribution is -2.19. The van der Waals surface area contributed by atoms with E-state index < -0.39 is 11.0 Å². The highest BCUT2D eigenvalue weighted by Crippen LogP contribution is 2.30. The average molecular weight is 407 g/mol. The van der Waals surface area contributed by atoms with E-state index in [1.807, 2.05) is 30.3 Å². The summed E-state index contributed by atoms with van der Waals surface area (Å²) in [6, 6.07) is 13.9. The highest BCUT2D eigenvalue weighted by molar-refractivity contribution is 7.83. The largest absolute Gasteiger partial charge is 0.332 e. The van der Waals surface area contributed by atoms with Crippen LogP contribution in [0.1, 0.15) is 44.7 Å². The number of pyridine rings is 1. The molecule has 29 heavy (non-hydrogen) atoms. The third kappa shape index (κ3) is 4.42. The van der Waals surface area contributed by atoms with Crippen molar-refractivity contribution >= 4 is 22.0 Å². The Morgan fingerprint density at radius 1 is 1.24 bits per heavy atom. The second-order valence-electron chi connectivity index (χ2n) is 8.89. The number of fused-ring (bicyclic) bond motifs is 1. The normalized spacial score (nSPS) is 15.4. The fourth-order valence-electron chi connectivity index (χ4n) is 3.51. The van der Waals surface area contributed by atoms with Crippen LogP contribution in [0.4, 0.5) is 0 Å². The third-order valence-corrected chi connectivity index (χ3v) is 6.51. The van der Waals surface area contributed by atoms with Crippen LogP contribution in [0.25, 0.3) is 22.3 Å². The molecule has 1 unspecified atom stereocenters. The molecule has 0 aliphatic heterocycles. The summed E-state index contributed by atoms with van der Waals surface area (Å²) in [5.41, 5.74) is 4.36. The Labute approximate surface area is 174 Å². The molecule has 1 aliphatic rings. The van der Waals surface area contributed by atoms with Gasteiger partial charge in [-0.1, -0.05) is 39.0 Å². The lowest BCUT2D eigenvalue weighted by atomic mass is 9.97. The van der Waals surface area contributed by atoms with E-state index in [1.165, 1.54) is 0 Å². The molecule has 0 amide bonds. The molecule has 1 aromatic carbocycles. The standard InChI is InChI=1S/C23H26N4OS/c1-23(2,3)15-27-14-17(13-25-29(28)18-8-9-18)20-10-11-21(26-22(20)27)19-7-5-4-6-16(19)12-24/h4-7,10-11,14,18,25H,8-9,13,15H2,1-3H3. The van der Waals surface area contributed by atoms with E-state index in [1.54, 1.807) is 0 Å². The first kappa shape index (κ1) is 19.8. The maximum Gasteiger partial charge on any atom is 0.140 e. The zero-order valence-corrected chi connectivity index (χ0v) is 17.9. The third-order valence-electron chi connectivity index (χ3n) is 5.00. The van der Waals surface area contributed by atoms with Crippen molar-refractivity contribution < 1.29 is 4.21 Å². The number of nitrogens with zero attached hydrogens (tertiary/aromatic N) is 3. The summed E-state index contributed by atoms with van der Waals surface area (Å²) in [5, 5.41) is 10.8. The Morgan fingerprint density at radius 2 is 2.00 bits per heavy atom. The van der Waals surface area contributed by atoms with Crippen LogP contribution in [0.15, 0.2) is 42.6 Å². The van der Waals surface area contributed by atoms with Crippen molar-refractivity contribution in [2.24, 2.45) is 5.41 Å². The Bertz CT molecular complexity index is 1120. The van der Waals surface area contributed by atoms with Crippen LogP contribution in [0.3, 0.4) is 0 Å². The van der Waals surface area contributed by atoms with Crippen LogP contribution in [0, 0.1) is 16.7 Å². The van der Waals surface area contributed by atoms with E-state index in [-0.39, 0.29) is 5.41 Å². The average Bonchev–Trinajstić information content (AvgIpc) is 3.49. The van der Waals surface area contributed by atoms with E-state index >= 15 is 0 Å². The van der Waals surface area contributed by atoms with Gasteiger partial charge in [0.2, 0.25) is 0 Å². The SMILES string of the molecule is CC(C)(C)Cn1cc(CNS(=O)C2CC2)c2ccc(-c3ccccc3C#N)nc21. The number of rotatable bonds is 6. The van der Waals surface area contributed by atoms with E-state index in [4.69, 9.17) is 4.98 Å². The van der Waals surface area contributed by atoms with Crippen molar-refractivity contribution in [2.75, 3.05) is 0 Å². The lowest BCUT2D eigenvalue weighted by molar-refractivity contribution is 0.348. The van der Waals surface area contributed by atoms with Gasteiger partial charge in [0.15, 0.2) is 0 Å². The molecule has 1 atom stereocenters. The molecule has 0 saturated heterocycles. The predicted octanol–water partition coefficient (Wildman–Crippen LogP) is 4.54. The fourth-order valence-corrected chi connectivity index (χ4v) is 4.61. The van der Waals surface area contributed by atoms with Crippen molar-refractivity contribution in [1.82, 2.24) is 14.3 Å². The van der Waals surface area contributed by atoms with Gasteiger partial charge in [-0.2, -0.15) is 5.26 Å². The van der Waals surface area contributed by atoms with Crippen molar-refractivity contribution in [2.45, 2.75) is 52.0 Å². The second kappa shape index (κ2) is 7.74. The molecular formula is C23H26N4OS. The van der Waals surface area contributed by atoms with Crippen LogP contribution in [0.2, 0.25) is 0 Å². The highest BCUT2D eigenvalue weighted by atomic mass is 32.2. The summed E-state index contributed by atoms with van der Waals surface area (Å²) in [5.74, 6) is 0. The predicted molar refractivity (Wildman–Crippen MR) is 117 cm³/mol. The second-order valence-corrected chi connectivity index (χ2v) is 10.4. The topological polar surface area (TPSA) is 70.7 Å². The fraction of sp³-hybridized carbons (Fsp3) is 0.391. The summed E-state index contributed by atoms with van der Waals surface area (Å²) in [6.07, 6.45) is 4.23.